The molecule has 0 spiro atoms. The highest BCUT2D eigenvalue weighted by molar-refractivity contribution is 5.83. The Bertz CT molecular complexity index is 751. The van der Waals surface area contributed by atoms with Crippen molar-refractivity contribution >= 4 is 5.91 Å². The quantitative estimate of drug-likeness (QED) is 0.868. The molecule has 1 N–H and O–H groups in total. The van der Waals surface area contributed by atoms with E-state index in [1.807, 2.05) is 49.3 Å². The molecule has 6 heteroatoms. The Morgan fingerprint density at radius 1 is 1.17 bits per heavy atom. The number of nitrogens with one attached hydrogen (secondary N) is 1. The first-order valence-corrected chi connectivity index (χ1v) is 7.91. The summed E-state index contributed by atoms with van der Waals surface area (Å²) in [6.07, 6.45) is 0. The summed E-state index contributed by atoms with van der Waals surface area (Å²) in [4.78, 5) is 26.7. The van der Waals surface area contributed by atoms with Crippen LogP contribution in [0.15, 0.2) is 47.3 Å². The maximum atomic E-state index is 12.5. The van der Waals surface area contributed by atoms with Gasteiger partial charge in [-0.2, -0.15) is 5.10 Å². The summed E-state index contributed by atoms with van der Waals surface area (Å²) in [5.41, 5.74) is 0.177. The first-order valence-electron chi connectivity index (χ1n) is 7.91. The predicted molar refractivity (Wildman–Crippen MR) is 94.8 cm³/mol. The molecule has 0 aliphatic rings. The minimum atomic E-state index is -1.08. The average molecular weight is 328 g/mol. The SMILES string of the molecule is CN(C)CCNC(=O)C(C)(C)n1nc(-c2ccccc2)ccc1=O. The molecule has 6 nitrogen and oxygen atoms in total. The molecule has 1 heterocycles. The summed E-state index contributed by atoms with van der Waals surface area (Å²) in [6, 6.07) is 12.7. The molecule has 0 saturated heterocycles. The lowest BCUT2D eigenvalue weighted by molar-refractivity contribution is -0.129. The molecule has 0 atom stereocenters. The van der Waals surface area contributed by atoms with Crippen molar-refractivity contribution in [2.75, 3.05) is 27.2 Å². The van der Waals surface area contributed by atoms with Gasteiger partial charge in [-0.3, -0.25) is 9.59 Å². The van der Waals surface area contributed by atoms with Gasteiger partial charge in [-0.15, -0.1) is 0 Å². The minimum Gasteiger partial charge on any atom is -0.353 e. The summed E-state index contributed by atoms with van der Waals surface area (Å²) in [5, 5.41) is 7.27. The van der Waals surface area contributed by atoms with Crippen molar-refractivity contribution in [1.29, 1.82) is 0 Å². The number of aromatic nitrogens is 2. The lowest BCUT2D eigenvalue weighted by Crippen LogP contribution is -2.50. The van der Waals surface area contributed by atoms with E-state index in [1.54, 1.807) is 19.9 Å². The van der Waals surface area contributed by atoms with E-state index < -0.39 is 5.54 Å². The van der Waals surface area contributed by atoms with Gasteiger partial charge in [0.1, 0.15) is 5.54 Å². The Balaban J connectivity index is 2.29. The standard InChI is InChI=1S/C18H24N4O2/c1-18(2,17(24)19-12-13-21(3)4)22-16(23)11-10-15(20-22)14-8-6-5-7-9-14/h5-11H,12-13H2,1-4H3,(H,19,24). The molecule has 0 radical (unpaired) electrons. The molecule has 0 saturated carbocycles. The third-order valence-electron chi connectivity index (χ3n) is 3.80. The molecule has 0 unspecified atom stereocenters. The zero-order valence-corrected chi connectivity index (χ0v) is 14.6. The van der Waals surface area contributed by atoms with Gasteiger partial charge in [-0.1, -0.05) is 30.3 Å². The zero-order valence-electron chi connectivity index (χ0n) is 14.6. The molecular formula is C18H24N4O2. The third kappa shape index (κ3) is 4.08. The number of carbonyl (C=O) groups excluding carboxylic acids is 1. The number of benzene rings is 1. The van der Waals surface area contributed by atoms with Crippen molar-refractivity contribution in [1.82, 2.24) is 20.0 Å². The minimum absolute atomic E-state index is 0.232. The number of nitrogens with zero attached hydrogens (tertiary/aromatic N) is 3. The summed E-state index contributed by atoms with van der Waals surface area (Å²) in [5.74, 6) is -0.232. The smallest absolute Gasteiger partial charge is 0.267 e. The van der Waals surface area contributed by atoms with Crippen LogP contribution >= 0.6 is 0 Å². The first-order chi connectivity index (χ1) is 11.3. The normalized spacial score (nSPS) is 11.5. The van der Waals surface area contributed by atoms with Gasteiger partial charge in [-0.25, -0.2) is 4.68 Å². The van der Waals surface area contributed by atoms with Crippen molar-refractivity contribution in [3.8, 4) is 11.3 Å². The number of hydrogen-bond acceptors (Lipinski definition) is 4. The van der Waals surface area contributed by atoms with Gasteiger partial charge >= 0.3 is 0 Å². The summed E-state index contributed by atoms with van der Waals surface area (Å²) in [6.45, 7) is 4.64. The summed E-state index contributed by atoms with van der Waals surface area (Å²) < 4.78 is 1.25. The molecule has 2 rings (SSSR count). The molecule has 1 aromatic heterocycles. The molecule has 0 bridgehead atoms. The highest BCUT2D eigenvalue weighted by Crippen LogP contribution is 2.17. The topological polar surface area (TPSA) is 67.2 Å². The number of carbonyl (C=O) groups is 1. The fourth-order valence-electron chi connectivity index (χ4n) is 2.28. The van der Waals surface area contributed by atoms with Gasteiger partial charge in [0.2, 0.25) is 5.91 Å². The van der Waals surface area contributed by atoms with Gasteiger partial charge in [0, 0.05) is 24.7 Å². The van der Waals surface area contributed by atoms with Gasteiger partial charge in [0.25, 0.3) is 5.56 Å². The lowest BCUT2D eigenvalue weighted by atomic mass is 10.0. The second-order valence-corrected chi connectivity index (χ2v) is 6.45. The largest absolute Gasteiger partial charge is 0.353 e. The van der Waals surface area contributed by atoms with E-state index >= 15 is 0 Å². The molecule has 0 aliphatic heterocycles. The summed E-state index contributed by atoms with van der Waals surface area (Å²) >= 11 is 0. The van der Waals surface area contributed by atoms with Crippen LogP contribution in [0.3, 0.4) is 0 Å². The van der Waals surface area contributed by atoms with Crippen LogP contribution in [0.1, 0.15) is 13.8 Å². The van der Waals surface area contributed by atoms with Crippen molar-refractivity contribution < 1.29 is 4.79 Å². The van der Waals surface area contributed by atoms with E-state index in [-0.39, 0.29) is 11.5 Å². The Morgan fingerprint density at radius 2 is 1.83 bits per heavy atom. The van der Waals surface area contributed by atoms with Crippen LogP contribution < -0.4 is 10.9 Å². The van der Waals surface area contributed by atoms with Gasteiger partial charge in [-0.05, 0) is 34.0 Å². The van der Waals surface area contributed by atoms with Crippen LogP contribution in [0.2, 0.25) is 0 Å². The molecule has 0 fully saturated rings. The Kier molecular flexibility index (Phi) is 5.51. The van der Waals surface area contributed by atoms with Crippen LogP contribution in [0.5, 0.6) is 0 Å². The van der Waals surface area contributed by atoms with Gasteiger partial charge < -0.3 is 10.2 Å². The van der Waals surface area contributed by atoms with E-state index in [9.17, 15) is 9.59 Å². The van der Waals surface area contributed by atoms with Crippen molar-refractivity contribution in [2.24, 2.45) is 0 Å². The molecule has 0 aliphatic carbocycles. The predicted octanol–water partition coefficient (Wildman–Crippen LogP) is 1.32. The molecule has 24 heavy (non-hydrogen) atoms. The molecule has 1 amide bonds. The molecule has 2 aromatic rings. The molecule has 1 aromatic carbocycles. The second-order valence-electron chi connectivity index (χ2n) is 6.45. The van der Waals surface area contributed by atoms with E-state index in [2.05, 4.69) is 10.4 Å². The van der Waals surface area contributed by atoms with Crippen LogP contribution in [-0.4, -0.2) is 47.8 Å². The van der Waals surface area contributed by atoms with E-state index in [0.717, 1.165) is 12.1 Å². The van der Waals surface area contributed by atoms with Gasteiger partial charge in [0.15, 0.2) is 0 Å². The number of likely N-dealkylation sites (N-methyl/N-ethyl adjacent to an activating group) is 1. The van der Waals surface area contributed by atoms with Crippen LogP contribution in [0, 0.1) is 0 Å². The van der Waals surface area contributed by atoms with Crippen molar-refractivity contribution in [3.05, 3.63) is 52.8 Å². The number of hydrogen-bond donors (Lipinski definition) is 1. The maximum Gasteiger partial charge on any atom is 0.267 e. The first kappa shape index (κ1) is 17.9. The van der Waals surface area contributed by atoms with Crippen LogP contribution in [0.4, 0.5) is 0 Å². The van der Waals surface area contributed by atoms with Crippen molar-refractivity contribution in [2.45, 2.75) is 19.4 Å². The van der Waals surface area contributed by atoms with Crippen LogP contribution in [0.25, 0.3) is 11.3 Å². The second kappa shape index (κ2) is 7.40. The Labute approximate surface area is 142 Å². The maximum absolute atomic E-state index is 12.5. The van der Waals surface area contributed by atoms with Gasteiger partial charge in [0.05, 0.1) is 5.69 Å². The van der Waals surface area contributed by atoms with E-state index in [0.29, 0.717) is 12.2 Å². The number of rotatable bonds is 6. The van der Waals surface area contributed by atoms with Crippen molar-refractivity contribution in [3.63, 3.8) is 0 Å². The Hall–Kier alpha value is -2.47. The fourth-order valence-corrected chi connectivity index (χ4v) is 2.28. The molecular weight excluding hydrogens is 304 g/mol. The summed E-state index contributed by atoms with van der Waals surface area (Å²) in [7, 11) is 3.87. The monoisotopic (exact) mass is 328 g/mol. The van der Waals surface area contributed by atoms with Crippen LogP contribution in [-0.2, 0) is 10.3 Å². The van der Waals surface area contributed by atoms with E-state index in [4.69, 9.17) is 0 Å². The Morgan fingerprint density at radius 3 is 2.46 bits per heavy atom. The van der Waals surface area contributed by atoms with E-state index in [1.165, 1.54) is 10.7 Å². The average Bonchev–Trinajstić information content (AvgIpc) is 2.55. The number of amides is 1. The highest BCUT2D eigenvalue weighted by atomic mass is 16.2. The lowest BCUT2D eigenvalue weighted by Gasteiger charge is -2.25. The molecule has 128 valence electrons. The third-order valence-corrected chi connectivity index (χ3v) is 3.80. The zero-order chi connectivity index (χ0) is 17.7. The highest BCUT2D eigenvalue weighted by Gasteiger charge is 2.31. The fraction of sp³-hybridized carbons (Fsp3) is 0.389.